The quantitative estimate of drug-likeness (QED) is 0.710. The standard InChI is InChI=1S/C10H11NO3/c1-14-10(13)8-5-3-2-4-7(8)6-9(11)12/h2-5H,6H2,1H3,(H2,11,12). The smallest absolute Gasteiger partial charge is 0.338 e. The Bertz CT molecular complexity index is 360. The number of hydrogen-bond donors (Lipinski definition) is 1. The second-order valence-electron chi connectivity index (χ2n) is 2.79. The summed E-state index contributed by atoms with van der Waals surface area (Å²) in [6, 6.07) is 6.72. The van der Waals surface area contributed by atoms with Crippen LogP contribution in [-0.4, -0.2) is 19.0 Å². The molecule has 0 aliphatic carbocycles. The molecule has 0 aliphatic rings. The molecule has 1 rings (SSSR count). The van der Waals surface area contributed by atoms with E-state index in [0.717, 1.165) is 0 Å². The van der Waals surface area contributed by atoms with E-state index in [9.17, 15) is 9.59 Å². The van der Waals surface area contributed by atoms with Crippen molar-refractivity contribution in [3.05, 3.63) is 35.4 Å². The predicted molar refractivity (Wildman–Crippen MR) is 50.7 cm³/mol. The van der Waals surface area contributed by atoms with Crippen molar-refractivity contribution in [2.75, 3.05) is 7.11 Å². The van der Waals surface area contributed by atoms with Gasteiger partial charge in [0, 0.05) is 0 Å². The van der Waals surface area contributed by atoms with Gasteiger partial charge in [-0.15, -0.1) is 0 Å². The van der Waals surface area contributed by atoms with Crippen molar-refractivity contribution in [1.82, 2.24) is 0 Å². The summed E-state index contributed by atoms with van der Waals surface area (Å²) in [7, 11) is 1.30. The van der Waals surface area contributed by atoms with Gasteiger partial charge in [-0.2, -0.15) is 0 Å². The Morgan fingerprint density at radius 2 is 2.00 bits per heavy atom. The first-order chi connectivity index (χ1) is 6.65. The molecule has 0 bridgehead atoms. The molecule has 1 aromatic carbocycles. The van der Waals surface area contributed by atoms with E-state index in [2.05, 4.69) is 4.74 Å². The number of nitrogens with two attached hydrogens (primary N) is 1. The average molecular weight is 193 g/mol. The number of esters is 1. The molecule has 0 atom stereocenters. The van der Waals surface area contributed by atoms with E-state index in [1.807, 2.05) is 0 Å². The summed E-state index contributed by atoms with van der Waals surface area (Å²) in [4.78, 5) is 21.9. The van der Waals surface area contributed by atoms with Gasteiger partial charge in [-0.25, -0.2) is 4.79 Å². The van der Waals surface area contributed by atoms with Crippen molar-refractivity contribution < 1.29 is 14.3 Å². The highest BCUT2D eigenvalue weighted by Gasteiger charge is 2.11. The molecule has 2 N–H and O–H groups in total. The highest BCUT2D eigenvalue weighted by atomic mass is 16.5. The van der Waals surface area contributed by atoms with Gasteiger partial charge in [0.25, 0.3) is 0 Å². The minimum absolute atomic E-state index is 0.0469. The minimum Gasteiger partial charge on any atom is -0.465 e. The zero-order valence-corrected chi connectivity index (χ0v) is 7.82. The first-order valence-electron chi connectivity index (χ1n) is 4.09. The Morgan fingerprint density at radius 1 is 1.36 bits per heavy atom. The maximum absolute atomic E-state index is 11.2. The minimum atomic E-state index is -0.471. The Kier molecular flexibility index (Phi) is 3.23. The maximum Gasteiger partial charge on any atom is 0.338 e. The monoisotopic (exact) mass is 193 g/mol. The van der Waals surface area contributed by atoms with E-state index in [4.69, 9.17) is 5.73 Å². The van der Waals surface area contributed by atoms with Crippen molar-refractivity contribution in [2.45, 2.75) is 6.42 Å². The van der Waals surface area contributed by atoms with E-state index >= 15 is 0 Å². The number of methoxy groups -OCH3 is 1. The highest BCUT2D eigenvalue weighted by Crippen LogP contribution is 2.10. The van der Waals surface area contributed by atoms with Crippen LogP contribution in [0.1, 0.15) is 15.9 Å². The van der Waals surface area contributed by atoms with Gasteiger partial charge in [-0.05, 0) is 11.6 Å². The van der Waals surface area contributed by atoms with Crippen LogP contribution >= 0.6 is 0 Å². The molecule has 0 fully saturated rings. The number of primary amides is 1. The maximum atomic E-state index is 11.2. The van der Waals surface area contributed by atoms with Crippen molar-refractivity contribution >= 4 is 11.9 Å². The molecule has 0 unspecified atom stereocenters. The summed E-state index contributed by atoms with van der Waals surface area (Å²) in [5.74, 6) is -0.928. The zero-order valence-electron chi connectivity index (χ0n) is 7.82. The SMILES string of the molecule is COC(=O)c1ccccc1CC(N)=O. The molecule has 1 amide bonds. The lowest BCUT2D eigenvalue weighted by atomic mass is 10.0. The van der Waals surface area contributed by atoms with Crippen molar-refractivity contribution in [1.29, 1.82) is 0 Å². The van der Waals surface area contributed by atoms with Crippen molar-refractivity contribution in [3.8, 4) is 0 Å². The van der Waals surface area contributed by atoms with Gasteiger partial charge in [0.2, 0.25) is 5.91 Å². The first kappa shape index (κ1) is 10.2. The van der Waals surface area contributed by atoms with Gasteiger partial charge in [0.05, 0.1) is 19.1 Å². The van der Waals surface area contributed by atoms with Crippen LogP contribution in [0.4, 0.5) is 0 Å². The second kappa shape index (κ2) is 4.41. The molecule has 0 aliphatic heterocycles. The molecule has 0 heterocycles. The molecule has 0 saturated carbocycles. The van der Waals surface area contributed by atoms with Gasteiger partial charge >= 0.3 is 5.97 Å². The molecule has 0 radical (unpaired) electrons. The number of ether oxygens (including phenoxy) is 1. The van der Waals surface area contributed by atoms with Crippen LogP contribution in [0.15, 0.2) is 24.3 Å². The number of rotatable bonds is 3. The van der Waals surface area contributed by atoms with Crippen LogP contribution in [0.25, 0.3) is 0 Å². The highest BCUT2D eigenvalue weighted by molar-refractivity contribution is 5.92. The lowest BCUT2D eigenvalue weighted by molar-refractivity contribution is -0.117. The molecule has 4 heteroatoms. The normalized spacial score (nSPS) is 9.50. The van der Waals surface area contributed by atoms with E-state index < -0.39 is 11.9 Å². The van der Waals surface area contributed by atoms with Gasteiger partial charge in [0.15, 0.2) is 0 Å². The zero-order chi connectivity index (χ0) is 10.6. The van der Waals surface area contributed by atoms with Crippen LogP contribution in [0.5, 0.6) is 0 Å². The van der Waals surface area contributed by atoms with Gasteiger partial charge in [0.1, 0.15) is 0 Å². The Balaban J connectivity index is 3.02. The molecule has 0 aromatic heterocycles. The Labute approximate surface area is 81.7 Å². The summed E-state index contributed by atoms with van der Waals surface area (Å²) >= 11 is 0. The van der Waals surface area contributed by atoms with E-state index in [1.165, 1.54) is 7.11 Å². The lowest BCUT2D eigenvalue weighted by Gasteiger charge is -2.04. The first-order valence-corrected chi connectivity index (χ1v) is 4.09. The fourth-order valence-corrected chi connectivity index (χ4v) is 1.17. The van der Waals surface area contributed by atoms with Crippen LogP contribution < -0.4 is 5.73 Å². The molecule has 0 saturated heterocycles. The molecule has 1 aromatic rings. The number of amides is 1. The third-order valence-electron chi connectivity index (χ3n) is 1.79. The van der Waals surface area contributed by atoms with E-state index in [0.29, 0.717) is 11.1 Å². The number of carbonyl (C=O) groups is 2. The summed E-state index contributed by atoms with van der Waals surface area (Å²) in [6.45, 7) is 0. The van der Waals surface area contributed by atoms with Crippen LogP contribution in [0, 0.1) is 0 Å². The number of carbonyl (C=O) groups excluding carboxylic acids is 2. The molecule has 14 heavy (non-hydrogen) atoms. The third-order valence-corrected chi connectivity index (χ3v) is 1.79. The number of benzene rings is 1. The number of hydrogen-bond acceptors (Lipinski definition) is 3. The topological polar surface area (TPSA) is 69.4 Å². The summed E-state index contributed by atoms with van der Waals surface area (Å²) in [5, 5.41) is 0. The molecular weight excluding hydrogens is 182 g/mol. The fraction of sp³-hybridized carbons (Fsp3) is 0.200. The van der Waals surface area contributed by atoms with E-state index in [1.54, 1.807) is 24.3 Å². The lowest BCUT2D eigenvalue weighted by Crippen LogP contribution is -2.16. The summed E-state index contributed by atoms with van der Waals surface area (Å²) in [5.41, 5.74) is 6.02. The van der Waals surface area contributed by atoms with Gasteiger partial charge in [-0.3, -0.25) is 4.79 Å². The average Bonchev–Trinajstić information content (AvgIpc) is 2.16. The van der Waals surface area contributed by atoms with Crippen molar-refractivity contribution in [3.63, 3.8) is 0 Å². The van der Waals surface area contributed by atoms with Crippen LogP contribution in [0.3, 0.4) is 0 Å². The Morgan fingerprint density at radius 3 is 2.57 bits per heavy atom. The fourth-order valence-electron chi connectivity index (χ4n) is 1.17. The molecule has 4 nitrogen and oxygen atoms in total. The van der Waals surface area contributed by atoms with Crippen LogP contribution in [0.2, 0.25) is 0 Å². The van der Waals surface area contributed by atoms with Gasteiger partial charge < -0.3 is 10.5 Å². The largest absolute Gasteiger partial charge is 0.465 e. The summed E-state index contributed by atoms with van der Waals surface area (Å²) in [6.07, 6.45) is 0.0469. The summed E-state index contributed by atoms with van der Waals surface area (Å²) < 4.78 is 4.57. The predicted octanol–water partition coefficient (Wildman–Crippen LogP) is 0.501. The molecule has 0 spiro atoms. The van der Waals surface area contributed by atoms with Gasteiger partial charge in [-0.1, -0.05) is 18.2 Å². The molecular formula is C10H11NO3. The van der Waals surface area contributed by atoms with Crippen LogP contribution in [-0.2, 0) is 16.0 Å². The third kappa shape index (κ3) is 2.32. The Hall–Kier alpha value is -1.84. The van der Waals surface area contributed by atoms with E-state index in [-0.39, 0.29) is 6.42 Å². The van der Waals surface area contributed by atoms with Crippen molar-refractivity contribution in [2.24, 2.45) is 5.73 Å². The molecule has 74 valence electrons. The second-order valence-corrected chi connectivity index (χ2v) is 2.79.